The maximum atomic E-state index is 10.0. The molecule has 21 heavy (non-hydrogen) atoms. The number of ether oxygens (including phenoxy) is 2. The molecule has 0 bridgehead atoms. The fraction of sp³-hybridized carbons (Fsp3) is 0.625. The van der Waals surface area contributed by atoms with Gasteiger partial charge in [0.2, 0.25) is 0 Å². The normalized spacial score (nSPS) is 14.2. The van der Waals surface area contributed by atoms with E-state index in [1.807, 2.05) is 25.1 Å². The molecule has 0 aliphatic rings. The summed E-state index contributed by atoms with van der Waals surface area (Å²) in [6, 6.07) is 6.11. The molecule has 0 saturated carbocycles. The first-order valence-corrected chi connectivity index (χ1v) is 8.02. The third-order valence-electron chi connectivity index (χ3n) is 3.29. The Morgan fingerprint density at radius 3 is 2.57 bits per heavy atom. The van der Waals surface area contributed by atoms with E-state index in [9.17, 15) is 5.11 Å². The summed E-state index contributed by atoms with van der Waals surface area (Å²) in [5.74, 6) is 1.20. The Balaban J connectivity index is 2.38. The lowest BCUT2D eigenvalue weighted by molar-refractivity contribution is 0.0898. The molecule has 1 rings (SSSR count). The second kappa shape index (κ2) is 9.41. The lowest BCUT2D eigenvalue weighted by atomic mass is 10.1. The van der Waals surface area contributed by atoms with E-state index in [0.29, 0.717) is 19.1 Å². The summed E-state index contributed by atoms with van der Waals surface area (Å²) in [5, 5.41) is 13.3. The topological polar surface area (TPSA) is 50.7 Å². The lowest BCUT2D eigenvalue weighted by Crippen LogP contribution is -2.43. The summed E-state index contributed by atoms with van der Waals surface area (Å²) in [6.07, 6.45) is -0.559. The average molecular weight is 360 g/mol. The molecule has 0 aromatic heterocycles. The molecule has 2 atom stereocenters. The van der Waals surface area contributed by atoms with Crippen LogP contribution >= 0.6 is 15.9 Å². The Hall–Kier alpha value is -0.620. The number of rotatable bonds is 9. The van der Waals surface area contributed by atoms with Crippen LogP contribution in [0.25, 0.3) is 0 Å². The summed E-state index contributed by atoms with van der Waals surface area (Å²) in [4.78, 5) is 0. The van der Waals surface area contributed by atoms with Crippen molar-refractivity contribution in [1.29, 1.82) is 0 Å². The van der Waals surface area contributed by atoms with E-state index >= 15 is 0 Å². The van der Waals surface area contributed by atoms with E-state index in [1.54, 1.807) is 7.11 Å². The first-order valence-electron chi connectivity index (χ1n) is 7.23. The van der Waals surface area contributed by atoms with E-state index in [0.717, 1.165) is 15.8 Å². The van der Waals surface area contributed by atoms with Crippen LogP contribution in [0.4, 0.5) is 0 Å². The van der Waals surface area contributed by atoms with Gasteiger partial charge in [0.25, 0.3) is 0 Å². The van der Waals surface area contributed by atoms with Gasteiger partial charge >= 0.3 is 0 Å². The molecule has 0 heterocycles. The van der Waals surface area contributed by atoms with Crippen molar-refractivity contribution in [3.05, 3.63) is 28.2 Å². The molecule has 1 aromatic rings. The van der Waals surface area contributed by atoms with Crippen molar-refractivity contribution >= 4 is 15.9 Å². The molecule has 0 spiro atoms. The highest BCUT2D eigenvalue weighted by molar-refractivity contribution is 9.10. The van der Waals surface area contributed by atoms with E-state index in [1.165, 1.54) is 0 Å². The lowest BCUT2D eigenvalue weighted by Gasteiger charge is -2.23. The summed E-state index contributed by atoms with van der Waals surface area (Å²) >= 11 is 3.46. The highest BCUT2D eigenvalue weighted by Gasteiger charge is 2.15. The Bertz CT molecular complexity index is 426. The van der Waals surface area contributed by atoms with Crippen molar-refractivity contribution in [2.24, 2.45) is 5.92 Å². The SMILES string of the molecule is COCC(NCC(O)COc1ccc(C)cc1Br)C(C)C. The van der Waals surface area contributed by atoms with Crippen molar-refractivity contribution in [2.45, 2.75) is 32.9 Å². The van der Waals surface area contributed by atoms with E-state index in [-0.39, 0.29) is 12.6 Å². The zero-order valence-electron chi connectivity index (χ0n) is 13.2. The Labute approximate surface area is 136 Å². The van der Waals surface area contributed by atoms with Crippen LogP contribution in [0.1, 0.15) is 19.4 Å². The Morgan fingerprint density at radius 1 is 1.29 bits per heavy atom. The molecule has 0 aliphatic carbocycles. The van der Waals surface area contributed by atoms with Gasteiger partial charge in [0.15, 0.2) is 0 Å². The zero-order chi connectivity index (χ0) is 15.8. The molecule has 120 valence electrons. The highest BCUT2D eigenvalue weighted by Crippen LogP contribution is 2.25. The fourth-order valence-electron chi connectivity index (χ4n) is 1.92. The van der Waals surface area contributed by atoms with Crippen molar-refractivity contribution in [3.63, 3.8) is 0 Å². The van der Waals surface area contributed by atoms with Gasteiger partial charge in [-0.3, -0.25) is 0 Å². The molecule has 5 heteroatoms. The van der Waals surface area contributed by atoms with Crippen molar-refractivity contribution in [1.82, 2.24) is 5.32 Å². The second-order valence-corrected chi connectivity index (χ2v) is 6.47. The first-order chi connectivity index (χ1) is 9.93. The highest BCUT2D eigenvalue weighted by atomic mass is 79.9. The maximum absolute atomic E-state index is 10.0. The van der Waals surface area contributed by atoms with Crippen molar-refractivity contribution < 1.29 is 14.6 Å². The number of hydrogen-bond acceptors (Lipinski definition) is 4. The van der Waals surface area contributed by atoms with Gasteiger partial charge in [0.05, 0.1) is 11.1 Å². The average Bonchev–Trinajstić information content (AvgIpc) is 2.42. The molecule has 2 unspecified atom stereocenters. The van der Waals surface area contributed by atoms with Crippen LogP contribution in [-0.2, 0) is 4.74 Å². The van der Waals surface area contributed by atoms with Gasteiger partial charge in [-0.15, -0.1) is 0 Å². The van der Waals surface area contributed by atoms with E-state index < -0.39 is 6.10 Å². The van der Waals surface area contributed by atoms with Crippen LogP contribution in [0, 0.1) is 12.8 Å². The Kier molecular flexibility index (Phi) is 8.26. The quantitative estimate of drug-likeness (QED) is 0.711. The minimum Gasteiger partial charge on any atom is -0.490 e. The number of hydrogen-bond donors (Lipinski definition) is 2. The molecular weight excluding hydrogens is 334 g/mol. The number of nitrogens with one attached hydrogen (secondary N) is 1. The van der Waals surface area contributed by atoms with Gasteiger partial charge in [-0.2, -0.15) is 0 Å². The molecule has 4 nitrogen and oxygen atoms in total. The predicted molar refractivity (Wildman–Crippen MR) is 88.9 cm³/mol. The number of methoxy groups -OCH3 is 1. The molecule has 0 radical (unpaired) electrons. The number of aliphatic hydroxyl groups excluding tert-OH is 1. The standard InChI is InChI=1S/C16H26BrNO3/c1-11(2)15(10-20-4)18-8-13(19)9-21-16-6-5-12(3)7-14(16)17/h5-7,11,13,15,18-19H,8-10H2,1-4H3. The molecule has 0 amide bonds. The fourth-order valence-corrected chi connectivity index (χ4v) is 2.53. The minimum atomic E-state index is -0.559. The van der Waals surface area contributed by atoms with Gasteiger partial charge in [0, 0.05) is 19.7 Å². The number of aryl methyl sites for hydroxylation is 1. The van der Waals surface area contributed by atoms with Crippen LogP contribution in [0.3, 0.4) is 0 Å². The molecule has 0 saturated heterocycles. The molecular formula is C16H26BrNO3. The molecule has 0 aliphatic heterocycles. The predicted octanol–water partition coefficient (Wildman–Crippen LogP) is 2.76. The molecule has 2 N–H and O–H groups in total. The van der Waals surface area contributed by atoms with Gasteiger partial charge < -0.3 is 19.9 Å². The summed E-state index contributed by atoms with van der Waals surface area (Å²) in [7, 11) is 1.69. The van der Waals surface area contributed by atoms with Crippen LogP contribution in [0.15, 0.2) is 22.7 Å². The number of halogens is 1. The third kappa shape index (κ3) is 6.78. The van der Waals surface area contributed by atoms with Crippen LogP contribution in [0.2, 0.25) is 0 Å². The second-order valence-electron chi connectivity index (χ2n) is 5.61. The van der Waals surface area contributed by atoms with Gasteiger partial charge in [-0.1, -0.05) is 19.9 Å². The summed E-state index contributed by atoms with van der Waals surface area (Å²) < 4.78 is 11.7. The van der Waals surface area contributed by atoms with Gasteiger partial charge in [-0.05, 0) is 46.5 Å². The van der Waals surface area contributed by atoms with Crippen molar-refractivity contribution in [2.75, 3.05) is 26.9 Å². The van der Waals surface area contributed by atoms with Gasteiger partial charge in [0.1, 0.15) is 18.5 Å². The smallest absolute Gasteiger partial charge is 0.133 e. The monoisotopic (exact) mass is 359 g/mol. The van der Waals surface area contributed by atoms with E-state index in [4.69, 9.17) is 9.47 Å². The zero-order valence-corrected chi connectivity index (χ0v) is 14.8. The van der Waals surface area contributed by atoms with Gasteiger partial charge in [-0.25, -0.2) is 0 Å². The maximum Gasteiger partial charge on any atom is 0.133 e. The minimum absolute atomic E-state index is 0.232. The van der Waals surface area contributed by atoms with Crippen LogP contribution in [-0.4, -0.2) is 44.1 Å². The Morgan fingerprint density at radius 2 is 2.00 bits per heavy atom. The van der Waals surface area contributed by atoms with Crippen LogP contribution < -0.4 is 10.1 Å². The summed E-state index contributed by atoms with van der Waals surface area (Å²) in [6.45, 7) is 7.65. The number of benzene rings is 1. The largest absolute Gasteiger partial charge is 0.490 e. The molecule has 0 fully saturated rings. The first kappa shape index (κ1) is 18.4. The number of aliphatic hydroxyl groups is 1. The summed E-state index contributed by atoms with van der Waals surface area (Å²) in [5.41, 5.74) is 1.16. The molecule has 1 aromatic carbocycles. The van der Waals surface area contributed by atoms with E-state index in [2.05, 4.69) is 35.1 Å². The van der Waals surface area contributed by atoms with Crippen LogP contribution in [0.5, 0.6) is 5.75 Å². The van der Waals surface area contributed by atoms with Crippen molar-refractivity contribution in [3.8, 4) is 5.75 Å². The third-order valence-corrected chi connectivity index (χ3v) is 3.90.